The molecule has 1 atom stereocenters. The summed E-state index contributed by atoms with van der Waals surface area (Å²) >= 11 is 1.31. The molecule has 4 rings (SSSR count). The Kier molecular flexibility index (Phi) is 6.75. The van der Waals surface area contributed by atoms with Gasteiger partial charge in [0.1, 0.15) is 5.82 Å². The highest BCUT2D eigenvalue weighted by molar-refractivity contribution is 8.00. The summed E-state index contributed by atoms with van der Waals surface area (Å²) in [6.45, 7) is 4.64. The van der Waals surface area contributed by atoms with Gasteiger partial charge in [-0.1, -0.05) is 24.3 Å². The van der Waals surface area contributed by atoms with Gasteiger partial charge in [0.05, 0.1) is 5.25 Å². The van der Waals surface area contributed by atoms with Gasteiger partial charge in [0.2, 0.25) is 5.91 Å². The second-order valence-corrected chi connectivity index (χ2v) is 8.52. The van der Waals surface area contributed by atoms with E-state index in [9.17, 15) is 14.0 Å². The van der Waals surface area contributed by atoms with Crippen LogP contribution in [0.1, 0.15) is 29.6 Å². The van der Waals surface area contributed by atoms with E-state index in [1.165, 1.54) is 40.9 Å². The Labute approximate surface area is 189 Å². The van der Waals surface area contributed by atoms with Crippen LogP contribution in [0.3, 0.4) is 0 Å². The maximum atomic E-state index is 13.3. The van der Waals surface area contributed by atoms with Gasteiger partial charge >= 0.3 is 0 Å². The van der Waals surface area contributed by atoms with Crippen LogP contribution >= 0.6 is 11.8 Å². The minimum absolute atomic E-state index is 0.263. The lowest BCUT2D eigenvalue weighted by Gasteiger charge is -2.22. The van der Waals surface area contributed by atoms with E-state index in [1.54, 1.807) is 18.5 Å². The largest absolute Gasteiger partial charge is 0.298 e. The van der Waals surface area contributed by atoms with Gasteiger partial charge in [0, 0.05) is 36.6 Å². The lowest BCUT2D eigenvalue weighted by Crippen LogP contribution is -2.41. The molecule has 0 N–H and O–H groups in total. The van der Waals surface area contributed by atoms with Crippen LogP contribution in [-0.2, 0) is 11.3 Å². The normalized spacial score (nSPS) is 16.6. The minimum atomic E-state index is -0.472. The maximum absolute atomic E-state index is 13.3. The average Bonchev–Trinajstić information content (AvgIpc) is 3.11. The lowest BCUT2D eigenvalue weighted by molar-refractivity contribution is -0.127. The number of likely N-dealkylation sites (tertiary alicyclic amines) is 1. The fourth-order valence-electron chi connectivity index (χ4n) is 3.58. The van der Waals surface area contributed by atoms with Crippen molar-refractivity contribution >= 4 is 23.6 Å². The Bertz CT molecular complexity index is 1120. The summed E-state index contributed by atoms with van der Waals surface area (Å²) in [5.74, 6) is -0.438. The summed E-state index contributed by atoms with van der Waals surface area (Å²) in [6, 6.07) is 8.94. The zero-order valence-corrected chi connectivity index (χ0v) is 18.2. The van der Waals surface area contributed by atoms with Crippen molar-refractivity contribution < 1.29 is 14.0 Å². The van der Waals surface area contributed by atoms with Crippen molar-refractivity contribution in [2.24, 2.45) is 0 Å². The molecule has 0 aliphatic carbocycles. The van der Waals surface area contributed by atoms with Crippen molar-refractivity contribution in [3.05, 3.63) is 72.8 Å². The van der Waals surface area contributed by atoms with E-state index in [2.05, 4.69) is 21.8 Å². The molecule has 0 bridgehead atoms. The molecular formula is C23H22FN5O2S. The highest BCUT2D eigenvalue weighted by Crippen LogP contribution is 2.32. The summed E-state index contributed by atoms with van der Waals surface area (Å²) in [4.78, 5) is 31.6. The fourth-order valence-corrected chi connectivity index (χ4v) is 4.72. The van der Waals surface area contributed by atoms with Gasteiger partial charge < -0.3 is 0 Å². The van der Waals surface area contributed by atoms with Crippen molar-refractivity contribution in [2.75, 3.05) is 6.54 Å². The number of benzene rings is 1. The number of carbonyl (C=O) groups is 2. The number of hydrogen-bond acceptors (Lipinski definition) is 6. The number of imide groups is 1. The number of hydrogen-bond donors (Lipinski definition) is 0. The molecule has 2 aromatic heterocycles. The Balaban J connectivity index is 1.59. The third kappa shape index (κ3) is 4.62. The molecule has 3 aromatic rings. The van der Waals surface area contributed by atoms with Gasteiger partial charge in [-0.3, -0.25) is 24.0 Å². The zero-order valence-electron chi connectivity index (χ0n) is 17.4. The summed E-state index contributed by atoms with van der Waals surface area (Å²) < 4.78 is 15.1. The first-order chi connectivity index (χ1) is 15.6. The number of rotatable bonds is 6. The number of carbonyl (C=O) groups excluding carboxylic acids is 2. The third-order valence-corrected chi connectivity index (χ3v) is 6.43. The summed E-state index contributed by atoms with van der Waals surface area (Å²) in [5.41, 5.74) is 1.15. The van der Waals surface area contributed by atoms with Crippen molar-refractivity contribution in [2.45, 2.75) is 36.2 Å². The SMILES string of the molecule is C=CCn1c(S[C@H]2CCCCN(C(=O)c3ccc(F)cc3)C2=O)nnc1-c1ccncc1. The number of halogens is 1. The second kappa shape index (κ2) is 9.86. The summed E-state index contributed by atoms with van der Waals surface area (Å²) in [6.07, 6.45) is 7.27. The topological polar surface area (TPSA) is 81.0 Å². The van der Waals surface area contributed by atoms with Crippen molar-refractivity contribution in [1.82, 2.24) is 24.6 Å². The second-order valence-electron chi connectivity index (χ2n) is 7.35. The maximum Gasteiger partial charge on any atom is 0.260 e. The van der Waals surface area contributed by atoms with E-state index in [4.69, 9.17) is 0 Å². The first-order valence-corrected chi connectivity index (χ1v) is 11.2. The number of aromatic nitrogens is 4. The standard InChI is InChI=1S/C23H22FN5O2S/c1-2-14-28-20(16-10-12-25-13-11-16)26-27-23(28)32-19-5-3-4-15-29(22(19)31)21(30)17-6-8-18(24)9-7-17/h2,6-13,19H,1,3-5,14-15H2/t19-/m0/s1. The van der Waals surface area contributed by atoms with Crippen molar-refractivity contribution in [3.8, 4) is 11.4 Å². The van der Waals surface area contributed by atoms with E-state index in [1.807, 2.05) is 16.7 Å². The van der Waals surface area contributed by atoms with Crippen LogP contribution in [0.5, 0.6) is 0 Å². The molecule has 7 nitrogen and oxygen atoms in total. The predicted octanol–water partition coefficient (Wildman–Crippen LogP) is 3.98. The number of nitrogens with zero attached hydrogens (tertiary/aromatic N) is 5. The highest BCUT2D eigenvalue weighted by atomic mass is 32.2. The van der Waals surface area contributed by atoms with Gasteiger partial charge in [-0.15, -0.1) is 16.8 Å². The summed E-state index contributed by atoms with van der Waals surface area (Å²) in [7, 11) is 0. The van der Waals surface area contributed by atoms with E-state index in [0.29, 0.717) is 36.1 Å². The van der Waals surface area contributed by atoms with Crippen LogP contribution < -0.4 is 0 Å². The van der Waals surface area contributed by atoms with Crippen LogP contribution in [0.15, 0.2) is 66.6 Å². The van der Waals surface area contributed by atoms with E-state index >= 15 is 0 Å². The molecule has 0 radical (unpaired) electrons. The van der Waals surface area contributed by atoms with Gasteiger partial charge in [-0.25, -0.2) is 4.39 Å². The molecule has 3 heterocycles. The number of pyridine rings is 1. The monoisotopic (exact) mass is 451 g/mol. The molecule has 9 heteroatoms. The van der Waals surface area contributed by atoms with E-state index < -0.39 is 17.0 Å². The zero-order chi connectivity index (χ0) is 22.5. The third-order valence-electron chi connectivity index (χ3n) is 5.19. The van der Waals surface area contributed by atoms with Crippen LogP contribution in [0, 0.1) is 5.82 Å². The molecule has 32 heavy (non-hydrogen) atoms. The van der Waals surface area contributed by atoms with Gasteiger partial charge in [0.25, 0.3) is 5.91 Å². The molecule has 0 unspecified atom stereocenters. The molecule has 1 saturated heterocycles. The number of allylic oxidation sites excluding steroid dienone is 1. The van der Waals surface area contributed by atoms with Crippen LogP contribution in [0.4, 0.5) is 4.39 Å². The van der Waals surface area contributed by atoms with Crippen LogP contribution in [0.2, 0.25) is 0 Å². The smallest absolute Gasteiger partial charge is 0.260 e. The van der Waals surface area contributed by atoms with Crippen molar-refractivity contribution in [1.29, 1.82) is 0 Å². The number of amides is 2. The van der Waals surface area contributed by atoms with Crippen molar-refractivity contribution in [3.63, 3.8) is 0 Å². The first kappa shape index (κ1) is 21.9. The molecule has 1 aliphatic rings. The van der Waals surface area contributed by atoms with Crippen LogP contribution in [0.25, 0.3) is 11.4 Å². The lowest BCUT2D eigenvalue weighted by atomic mass is 10.2. The van der Waals surface area contributed by atoms with Gasteiger partial charge in [0.15, 0.2) is 11.0 Å². The highest BCUT2D eigenvalue weighted by Gasteiger charge is 2.33. The summed E-state index contributed by atoms with van der Waals surface area (Å²) in [5, 5.41) is 8.75. The number of thioether (sulfide) groups is 1. The van der Waals surface area contributed by atoms with E-state index in [0.717, 1.165) is 18.4 Å². The first-order valence-electron chi connectivity index (χ1n) is 10.3. The fraction of sp³-hybridized carbons (Fsp3) is 0.261. The molecular weight excluding hydrogens is 429 g/mol. The molecule has 1 aliphatic heterocycles. The molecule has 0 spiro atoms. The quantitative estimate of drug-likeness (QED) is 0.417. The molecule has 164 valence electrons. The van der Waals surface area contributed by atoms with E-state index in [-0.39, 0.29) is 5.91 Å². The Hall–Kier alpha value is -3.33. The Morgan fingerprint density at radius 2 is 1.91 bits per heavy atom. The minimum Gasteiger partial charge on any atom is -0.298 e. The van der Waals surface area contributed by atoms with Crippen LogP contribution in [-0.4, -0.2) is 48.3 Å². The molecule has 1 fully saturated rings. The van der Waals surface area contributed by atoms with Gasteiger partial charge in [-0.2, -0.15) is 0 Å². The van der Waals surface area contributed by atoms with Gasteiger partial charge in [-0.05, 0) is 49.2 Å². The molecule has 1 aromatic carbocycles. The Morgan fingerprint density at radius 3 is 2.62 bits per heavy atom. The average molecular weight is 452 g/mol. The predicted molar refractivity (Wildman–Crippen MR) is 119 cm³/mol. The molecule has 2 amide bonds. The molecule has 0 saturated carbocycles. The Morgan fingerprint density at radius 1 is 1.16 bits per heavy atom.